The number of benzene rings is 1. The molecule has 5 heteroatoms. The number of hydrogen-bond donors (Lipinski definition) is 1. The molecule has 0 aliphatic carbocycles. The first-order valence-electron chi connectivity index (χ1n) is 6.83. The molecule has 1 aromatic carbocycles. The molecule has 0 spiro atoms. The lowest BCUT2D eigenvalue weighted by atomic mass is 10.3. The van der Waals surface area contributed by atoms with Crippen LogP contribution in [0.3, 0.4) is 0 Å². The van der Waals surface area contributed by atoms with E-state index < -0.39 is 0 Å². The van der Waals surface area contributed by atoms with E-state index in [1.807, 2.05) is 0 Å². The lowest BCUT2D eigenvalue weighted by molar-refractivity contribution is 0.0947. The Kier molecular flexibility index (Phi) is 5.70. The van der Waals surface area contributed by atoms with Crippen LogP contribution in [0.2, 0.25) is 0 Å². The molecule has 0 saturated carbocycles. The SMILES string of the molecule is O=C(NCCCCOc1ccc(F)cc1)c1ccccn1. The van der Waals surface area contributed by atoms with Crippen molar-refractivity contribution in [3.05, 3.63) is 60.2 Å². The molecule has 2 rings (SSSR count). The van der Waals surface area contributed by atoms with E-state index in [0.717, 1.165) is 12.8 Å². The Hall–Kier alpha value is -2.43. The van der Waals surface area contributed by atoms with Crippen molar-refractivity contribution in [3.8, 4) is 5.75 Å². The summed E-state index contributed by atoms with van der Waals surface area (Å²) in [6.45, 7) is 1.10. The third-order valence-electron chi connectivity index (χ3n) is 2.84. The van der Waals surface area contributed by atoms with E-state index in [0.29, 0.717) is 24.6 Å². The van der Waals surface area contributed by atoms with Gasteiger partial charge >= 0.3 is 0 Å². The summed E-state index contributed by atoms with van der Waals surface area (Å²) in [5, 5.41) is 2.80. The number of nitrogens with one attached hydrogen (secondary N) is 1. The van der Waals surface area contributed by atoms with Gasteiger partial charge < -0.3 is 10.1 Å². The highest BCUT2D eigenvalue weighted by molar-refractivity contribution is 5.92. The Morgan fingerprint density at radius 1 is 1.14 bits per heavy atom. The summed E-state index contributed by atoms with van der Waals surface area (Å²) in [4.78, 5) is 15.7. The summed E-state index contributed by atoms with van der Waals surface area (Å²) >= 11 is 0. The quantitative estimate of drug-likeness (QED) is 0.797. The van der Waals surface area contributed by atoms with Gasteiger partial charge in [0.15, 0.2) is 0 Å². The van der Waals surface area contributed by atoms with Crippen molar-refractivity contribution in [1.29, 1.82) is 0 Å². The Balaban J connectivity index is 1.58. The maximum Gasteiger partial charge on any atom is 0.269 e. The number of hydrogen-bond acceptors (Lipinski definition) is 3. The zero-order valence-corrected chi connectivity index (χ0v) is 11.6. The van der Waals surface area contributed by atoms with Crippen molar-refractivity contribution in [1.82, 2.24) is 10.3 Å². The number of carbonyl (C=O) groups is 1. The van der Waals surface area contributed by atoms with Crippen LogP contribution in [0.5, 0.6) is 5.75 Å². The minimum absolute atomic E-state index is 0.171. The number of rotatable bonds is 7. The van der Waals surface area contributed by atoms with Gasteiger partial charge in [0.25, 0.3) is 5.91 Å². The molecule has 110 valence electrons. The standard InChI is InChI=1S/C16H17FN2O2/c17-13-6-8-14(9-7-13)21-12-4-3-11-19-16(20)15-5-1-2-10-18-15/h1-2,5-10H,3-4,11-12H2,(H,19,20). The molecular formula is C16H17FN2O2. The number of carbonyl (C=O) groups excluding carboxylic acids is 1. The van der Waals surface area contributed by atoms with Gasteiger partial charge in [-0.1, -0.05) is 6.07 Å². The Morgan fingerprint density at radius 3 is 2.67 bits per heavy atom. The van der Waals surface area contributed by atoms with Crippen molar-refractivity contribution < 1.29 is 13.9 Å². The monoisotopic (exact) mass is 288 g/mol. The van der Waals surface area contributed by atoms with Crippen LogP contribution in [0.25, 0.3) is 0 Å². The van der Waals surface area contributed by atoms with Gasteiger partial charge in [0.2, 0.25) is 0 Å². The van der Waals surface area contributed by atoms with Crippen molar-refractivity contribution >= 4 is 5.91 Å². The van der Waals surface area contributed by atoms with Gasteiger partial charge in [0.05, 0.1) is 6.61 Å². The number of aromatic nitrogens is 1. The van der Waals surface area contributed by atoms with Crippen LogP contribution in [0.4, 0.5) is 4.39 Å². The molecule has 0 fully saturated rings. The van der Waals surface area contributed by atoms with E-state index in [2.05, 4.69) is 10.3 Å². The molecular weight excluding hydrogens is 271 g/mol. The van der Waals surface area contributed by atoms with Crippen LogP contribution >= 0.6 is 0 Å². The molecule has 1 heterocycles. The second kappa shape index (κ2) is 7.99. The molecule has 2 aromatic rings. The summed E-state index contributed by atoms with van der Waals surface area (Å²) < 4.78 is 18.2. The normalized spacial score (nSPS) is 10.1. The molecule has 0 unspecified atom stereocenters. The highest BCUT2D eigenvalue weighted by Gasteiger charge is 2.04. The van der Waals surface area contributed by atoms with Crippen LogP contribution in [-0.2, 0) is 0 Å². The van der Waals surface area contributed by atoms with E-state index in [-0.39, 0.29) is 11.7 Å². The smallest absolute Gasteiger partial charge is 0.269 e. The van der Waals surface area contributed by atoms with Gasteiger partial charge in [-0.25, -0.2) is 4.39 Å². The molecule has 0 radical (unpaired) electrons. The third kappa shape index (κ3) is 5.22. The summed E-state index contributed by atoms with van der Waals surface area (Å²) in [5.41, 5.74) is 0.417. The number of pyridine rings is 1. The lowest BCUT2D eigenvalue weighted by Crippen LogP contribution is -2.25. The minimum atomic E-state index is -0.278. The summed E-state index contributed by atoms with van der Waals surface area (Å²) in [6.07, 6.45) is 3.20. The molecule has 0 saturated heterocycles. The minimum Gasteiger partial charge on any atom is -0.494 e. The van der Waals surface area contributed by atoms with Crippen LogP contribution in [0.1, 0.15) is 23.3 Å². The van der Waals surface area contributed by atoms with E-state index in [1.54, 1.807) is 36.5 Å². The fourth-order valence-electron chi connectivity index (χ4n) is 1.74. The second-order valence-corrected chi connectivity index (χ2v) is 4.48. The molecule has 0 bridgehead atoms. The third-order valence-corrected chi connectivity index (χ3v) is 2.84. The maximum absolute atomic E-state index is 12.7. The van der Waals surface area contributed by atoms with E-state index in [4.69, 9.17) is 4.74 Å². The average molecular weight is 288 g/mol. The van der Waals surface area contributed by atoms with E-state index in [9.17, 15) is 9.18 Å². The number of halogens is 1. The van der Waals surface area contributed by atoms with Crippen molar-refractivity contribution in [2.24, 2.45) is 0 Å². The second-order valence-electron chi connectivity index (χ2n) is 4.48. The van der Waals surface area contributed by atoms with Gasteiger partial charge in [-0.2, -0.15) is 0 Å². The number of amides is 1. The fourth-order valence-corrected chi connectivity index (χ4v) is 1.74. The van der Waals surface area contributed by atoms with Gasteiger partial charge in [0, 0.05) is 12.7 Å². The summed E-state index contributed by atoms with van der Waals surface area (Å²) in [5.74, 6) is 0.198. The Morgan fingerprint density at radius 2 is 1.95 bits per heavy atom. The predicted octanol–water partition coefficient (Wildman–Crippen LogP) is 2.81. The molecule has 1 aromatic heterocycles. The van der Waals surface area contributed by atoms with Crippen LogP contribution in [0.15, 0.2) is 48.7 Å². The number of nitrogens with zero attached hydrogens (tertiary/aromatic N) is 1. The van der Waals surface area contributed by atoms with E-state index in [1.165, 1.54) is 12.1 Å². The first kappa shape index (κ1) is 15.0. The largest absolute Gasteiger partial charge is 0.494 e. The van der Waals surface area contributed by atoms with Crippen LogP contribution < -0.4 is 10.1 Å². The molecule has 0 aliphatic heterocycles. The molecule has 4 nitrogen and oxygen atoms in total. The van der Waals surface area contributed by atoms with Crippen molar-refractivity contribution in [2.45, 2.75) is 12.8 Å². The Labute approximate surface area is 123 Å². The topological polar surface area (TPSA) is 51.2 Å². The van der Waals surface area contributed by atoms with Crippen LogP contribution in [-0.4, -0.2) is 24.0 Å². The van der Waals surface area contributed by atoms with Crippen LogP contribution in [0, 0.1) is 5.82 Å². The highest BCUT2D eigenvalue weighted by Crippen LogP contribution is 2.11. The van der Waals surface area contributed by atoms with Crippen molar-refractivity contribution in [3.63, 3.8) is 0 Å². The lowest BCUT2D eigenvalue weighted by Gasteiger charge is -2.07. The number of unbranched alkanes of at least 4 members (excludes halogenated alkanes) is 1. The van der Waals surface area contributed by atoms with Gasteiger partial charge in [0.1, 0.15) is 17.3 Å². The molecule has 0 aliphatic rings. The van der Waals surface area contributed by atoms with Gasteiger partial charge in [-0.05, 0) is 49.2 Å². The molecule has 1 amide bonds. The predicted molar refractivity (Wildman–Crippen MR) is 77.7 cm³/mol. The Bertz CT molecular complexity index is 558. The van der Waals surface area contributed by atoms with E-state index >= 15 is 0 Å². The average Bonchev–Trinajstić information content (AvgIpc) is 2.53. The van der Waals surface area contributed by atoms with Crippen molar-refractivity contribution in [2.75, 3.05) is 13.2 Å². The molecule has 21 heavy (non-hydrogen) atoms. The molecule has 0 atom stereocenters. The summed E-state index contributed by atoms with van der Waals surface area (Å²) in [6, 6.07) is 11.1. The molecule has 1 N–H and O–H groups in total. The zero-order valence-electron chi connectivity index (χ0n) is 11.6. The zero-order chi connectivity index (χ0) is 14.9. The first-order valence-corrected chi connectivity index (χ1v) is 6.83. The fraction of sp³-hybridized carbons (Fsp3) is 0.250. The van der Waals surface area contributed by atoms with Gasteiger partial charge in [-0.3, -0.25) is 9.78 Å². The summed E-state index contributed by atoms with van der Waals surface area (Å²) in [7, 11) is 0. The first-order chi connectivity index (χ1) is 10.3. The van der Waals surface area contributed by atoms with Gasteiger partial charge in [-0.15, -0.1) is 0 Å². The number of ether oxygens (including phenoxy) is 1. The highest BCUT2D eigenvalue weighted by atomic mass is 19.1. The maximum atomic E-state index is 12.7.